The van der Waals surface area contributed by atoms with Crippen LogP contribution in [0.3, 0.4) is 0 Å². The van der Waals surface area contributed by atoms with Gasteiger partial charge in [-0.25, -0.2) is 8.42 Å². The molecule has 1 N–H and O–H groups in total. The molecule has 0 aliphatic carbocycles. The molecule has 0 bridgehead atoms. The van der Waals surface area contributed by atoms with Crippen molar-refractivity contribution >= 4 is 21.2 Å². The normalized spacial score (nSPS) is 12.9. The van der Waals surface area contributed by atoms with E-state index in [1.54, 1.807) is 11.3 Å². The van der Waals surface area contributed by atoms with Crippen molar-refractivity contribution in [3.8, 4) is 0 Å². The van der Waals surface area contributed by atoms with Crippen molar-refractivity contribution in [2.24, 2.45) is 0 Å². The summed E-state index contributed by atoms with van der Waals surface area (Å²) in [4.78, 5) is 1.35. The molecule has 0 saturated carbocycles. The fourth-order valence-corrected chi connectivity index (χ4v) is 3.13. The SMILES string of the molecule is CC(C)(CNCCCS(C)(=O)=O)c1cccs1. The molecule has 1 aromatic heterocycles. The van der Waals surface area contributed by atoms with E-state index in [0.29, 0.717) is 6.42 Å². The molecule has 0 aliphatic heterocycles. The maximum atomic E-state index is 11.0. The zero-order valence-corrected chi connectivity index (χ0v) is 12.3. The molecule has 1 aromatic rings. The van der Waals surface area contributed by atoms with Gasteiger partial charge in [-0.3, -0.25) is 0 Å². The summed E-state index contributed by atoms with van der Waals surface area (Å²) >= 11 is 1.76. The van der Waals surface area contributed by atoms with Crippen LogP contribution in [-0.4, -0.2) is 33.5 Å². The van der Waals surface area contributed by atoms with Crippen molar-refractivity contribution < 1.29 is 8.42 Å². The average Bonchev–Trinajstić information content (AvgIpc) is 2.68. The van der Waals surface area contributed by atoms with Crippen LogP contribution in [0.15, 0.2) is 17.5 Å². The number of sulfone groups is 1. The first kappa shape index (κ1) is 14.7. The predicted molar refractivity (Wildman–Crippen MR) is 74.5 cm³/mol. The van der Waals surface area contributed by atoms with E-state index in [0.717, 1.165) is 13.1 Å². The maximum absolute atomic E-state index is 11.0. The molecule has 0 atom stereocenters. The largest absolute Gasteiger partial charge is 0.316 e. The monoisotopic (exact) mass is 275 g/mol. The van der Waals surface area contributed by atoms with Gasteiger partial charge >= 0.3 is 0 Å². The molecule has 1 rings (SSSR count). The highest BCUT2D eigenvalue weighted by Crippen LogP contribution is 2.26. The lowest BCUT2D eigenvalue weighted by Crippen LogP contribution is -2.33. The molecule has 3 nitrogen and oxygen atoms in total. The second-order valence-electron chi connectivity index (χ2n) is 5.02. The average molecular weight is 275 g/mol. The van der Waals surface area contributed by atoms with E-state index < -0.39 is 9.84 Å². The van der Waals surface area contributed by atoms with Gasteiger partial charge in [0.1, 0.15) is 9.84 Å². The highest BCUT2D eigenvalue weighted by Gasteiger charge is 2.20. The molecule has 0 radical (unpaired) electrons. The number of hydrogen-bond acceptors (Lipinski definition) is 4. The van der Waals surface area contributed by atoms with Crippen molar-refractivity contribution in [3.63, 3.8) is 0 Å². The predicted octanol–water partition coefficient (Wildman–Crippen LogP) is 2.05. The molecule has 17 heavy (non-hydrogen) atoms. The summed E-state index contributed by atoms with van der Waals surface area (Å²) < 4.78 is 21.9. The lowest BCUT2D eigenvalue weighted by Gasteiger charge is -2.23. The van der Waals surface area contributed by atoms with Gasteiger partial charge in [0.25, 0.3) is 0 Å². The molecule has 98 valence electrons. The lowest BCUT2D eigenvalue weighted by molar-refractivity contribution is 0.477. The minimum absolute atomic E-state index is 0.110. The van der Waals surface area contributed by atoms with Crippen molar-refractivity contribution in [3.05, 3.63) is 22.4 Å². The summed E-state index contributed by atoms with van der Waals surface area (Å²) in [6, 6.07) is 4.20. The zero-order valence-electron chi connectivity index (χ0n) is 10.7. The molecule has 0 unspecified atom stereocenters. The van der Waals surface area contributed by atoms with E-state index in [9.17, 15) is 8.42 Å². The molecule has 0 aromatic carbocycles. The minimum Gasteiger partial charge on any atom is -0.316 e. The highest BCUT2D eigenvalue weighted by molar-refractivity contribution is 7.90. The molecule has 0 spiro atoms. The summed E-state index contributed by atoms with van der Waals surface area (Å²) in [6.45, 7) is 6.02. The number of hydrogen-bond donors (Lipinski definition) is 1. The van der Waals surface area contributed by atoms with Crippen LogP contribution >= 0.6 is 11.3 Å². The molecule has 0 aliphatic rings. The summed E-state index contributed by atoms with van der Waals surface area (Å²) in [7, 11) is -2.82. The molecule has 5 heteroatoms. The molecular formula is C12H21NO2S2. The third-order valence-electron chi connectivity index (χ3n) is 2.62. The van der Waals surface area contributed by atoms with Gasteiger partial charge in [-0.1, -0.05) is 19.9 Å². The van der Waals surface area contributed by atoms with Crippen molar-refractivity contribution in [2.75, 3.05) is 25.1 Å². The number of thiophene rings is 1. The van der Waals surface area contributed by atoms with Crippen molar-refractivity contribution in [1.82, 2.24) is 5.32 Å². The van der Waals surface area contributed by atoms with Gasteiger partial charge in [0.05, 0.1) is 5.75 Å². The first-order valence-electron chi connectivity index (χ1n) is 5.74. The summed E-state index contributed by atoms with van der Waals surface area (Å²) in [5.41, 5.74) is 0.110. The fraction of sp³-hybridized carbons (Fsp3) is 0.667. The zero-order chi connectivity index (χ0) is 12.9. The standard InChI is InChI=1S/C12H21NO2S2/c1-12(2,11-6-4-8-16-11)10-13-7-5-9-17(3,14)15/h4,6,8,13H,5,7,9-10H2,1-3H3. The van der Waals surface area contributed by atoms with Gasteiger partial charge in [0.15, 0.2) is 0 Å². The molecular weight excluding hydrogens is 254 g/mol. The van der Waals surface area contributed by atoms with Gasteiger partial charge in [-0.05, 0) is 24.4 Å². The summed E-state index contributed by atoms with van der Waals surface area (Å²) in [5.74, 6) is 0.263. The van der Waals surface area contributed by atoms with Crippen LogP contribution < -0.4 is 5.32 Å². The highest BCUT2D eigenvalue weighted by atomic mass is 32.2. The van der Waals surface area contributed by atoms with Gasteiger partial charge in [-0.2, -0.15) is 0 Å². The third kappa shape index (κ3) is 5.66. The van der Waals surface area contributed by atoms with Gasteiger partial charge in [0.2, 0.25) is 0 Å². The Bertz CT molecular complexity index is 421. The minimum atomic E-state index is -2.82. The van der Waals surface area contributed by atoms with Gasteiger partial charge in [0, 0.05) is 23.1 Å². The first-order valence-corrected chi connectivity index (χ1v) is 8.68. The summed E-state index contributed by atoms with van der Waals surface area (Å²) in [5, 5.41) is 5.41. The molecule has 0 amide bonds. The Morgan fingerprint density at radius 1 is 1.41 bits per heavy atom. The van der Waals surface area contributed by atoms with E-state index in [1.807, 2.05) is 0 Å². The van der Waals surface area contributed by atoms with Crippen molar-refractivity contribution in [1.29, 1.82) is 0 Å². The Labute approximate surface area is 108 Å². The van der Waals surface area contributed by atoms with Crippen LogP contribution in [0.2, 0.25) is 0 Å². The molecule has 0 fully saturated rings. The quantitative estimate of drug-likeness (QED) is 0.775. The second-order valence-corrected chi connectivity index (χ2v) is 8.23. The van der Waals surface area contributed by atoms with Crippen LogP contribution in [-0.2, 0) is 15.3 Å². The van der Waals surface area contributed by atoms with Crippen LogP contribution in [0.1, 0.15) is 25.1 Å². The Kier molecular flexibility index (Phi) is 5.16. The topological polar surface area (TPSA) is 46.2 Å². The number of rotatable bonds is 7. The van der Waals surface area contributed by atoms with Crippen LogP contribution in [0.4, 0.5) is 0 Å². The Morgan fingerprint density at radius 2 is 2.12 bits per heavy atom. The first-order chi connectivity index (χ1) is 7.81. The van der Waals surface area contributed by atoms with E-state index in [-0.39, 0.29) is 11.2 Å². The van der Waals surface area contributed by atoms with Crippen molar-refractivity contribution in [2.45, 2.75) is 25.7 Å². The van der Waals surface area contributed by atoms with Gasteiger partial charge in [-0.15, -0.1) is 11.3 Å². The van der Waals surface area contributed by atoms with E-state index >= 15 is 0 Å². The molecule has 0 saturated heterocycles. The smallest absolute Gasteiger partial charge is 0.147 e. The Morgan fingerprint density at radius 3 is 2.65 bits per heavy atom. The van der Waals surface area contributed by atoms with E-state index in [4.69, 9.17) is 0 Å². The number of nitrogens with one attached hydrogen (secondary N) is 1. The molecule has 1 heterocycles. The van der Waals surface area contributed by atoms with Crippen LogP contribution in [0.5, 0.6) is 0 Å². The Balaban J connectivity index is 2.27. The second kappa shape index (κ2) is 5.98. The van der Waals surface area contributed by atoms with Gasteiger partial charge < -0.3 is 5.32 Å². The summed E-state index contributed by atoms with van der Waals surface area (Å²) in [6.07, 6.45) is 1.96. The Hall–Kier alpha value is -0.390. The van der Waals surface area contributed by atoms with E-state index in [2.05, 4.69) is 36.7 Å². The van der Waals surface area contributed by atoms with Crippen LogP contribution in [0.25, 0.3) is 0 Å². The third-order valence-corrected chi connectivity index (χ3v) is 4.89. The fourth-order valence-electron chi connectivity index (χ4n) is 1.61. The lowest BCUT2D eigenvalue weighted by atomic mass is 9.91. The van der Waals surface area contributed by atoms with Crippen LogP contribution in [0, 0.1) is 0 Å². The van der Waals surface area contributed by atoms with E-state index in [1.165, 1.54) is 11.1 Å². The maximum Gasteiger partial charge on any atom is 0.147 e.